The highest BCUT2D eigenvalue weighted by molar-refractivity contribution is 14.0. The number of guanidine groups is 1. The molecule has 0 radical (unpaired) electrons. The molecule has 2 N–H and O–H groups in total. The molecule has 9 heteroatoms. The average molecular weight is 545 g/mol. The van der Waals surface area contributed by atoms with Crippen LogP contribution in [0.5, 0.6) is 17.2 Å². The van der Waals surface area contributed by atoms with Gasteiger partial charge < -0.3 is 24.8 Å². The highest BCUT2D eigenvalue weighted by Gasteiger charge is 2.16. The van der Waals surface area contributed by atoms with Crippen molar-refractivity contribution < 1.29 is 14.2 Å². The lowest BCUT2D eigenvalue weighted by Crippen LogP contribution is -2.43. The first-order valence-corrected chi connectivity index (χ1v) is 10.2. The van der Waals surface area contributed by atoms with Gasteiger partial charge in [-0.3, -0.25) is 4.68 Å². The molecule has 0 fully saturated rings. The van der Waals surface area contributed by atoms with Crippen LogP contribution < -0.4 is 24.8 Å². The highest BCUT2D eigenvalue weighted by Crippen LogP contribution is 2.34. The number of nitrogens with zero attached hydrogens (tertiary/aromatic N) is 3. The van der Waals surface area contributed by atoms with Gasteiger partial charge in [0.15, 0.2) is 5.96 Å². The Hall–Kier alpha value is -2.17. The lowest BCUT2D eigenvalue weighted by atomic mass is 10.1. The van der Waals surface area contributed by atoms with E-state index in [2.05, 4.69) is 36.5 Å². The van der Waals surface area contributed by atoms with Crippen molar-refractivity contribution in [3.63, 3.8) is 0 Å². The van der Waals surface area contributed by atoms with Gasteiger partial charge in [-0.15, -0.1) is 24.0 Å². The predicted octanol–water partition coefficient (Wildman–Crippen LogP) is 3.37. The first-order chi connectivity index (χ1) is 14.3. The molecule has 0 aliphatic heterocycles. The van der Waals surface area contributed by atoms with E-state index in [1.54, 1.807) is 21.3 Å². The van der Waals surface area contributed by atoms with Crippen molar-refractivity contribution in [2.75, 3.05) is 27.9 Å². The van der Waals surface area contributed by atoms with Crippen molar-refractivity contribution in [3.05, 3.63) is 34.6 Å². The number of hydrogen-bond donors (Lipinski definition) is 2. The minimum Gasteiger partial charge on any atom is -0.496 e. The minimum absolute atomic E-state index is 0. The number of ether oxygens (including phenoxy) is 3. The third-order valence-corrected chi connectivity index (χ3v) is 5.11. The van der Waals surface area contributed by atoms with E-state index < -0.39 is 0 Å². The molecule has 8 nitrogen and oxygen atoms in total. The summed E-state index contributed by atoms with van der Waals surface area (Å²) < 4.78 is 18.3. The molecule has 174 valence electrons. The summed E-state index contributed by atoms with van der Waals surface area (Å²) in [6, 6.07) is 3.86. The molecular weight excluding hydrogens is 509 g/mol. The molecule has 0 bridgehead atoms. The zero-order valence-corrected chi connectivity index (χ0v) is 22.2. The number of rotatable bonds is 9. The molecule has 0 amide bonds. The van der Waals surface area contributed by atoms with Crippen LogP contribution in [-0.4, -0.2) is 49.7 Å². The smallest absolute Gasteiger partial charge is 0.191 e. The normalized spacial score (nSPS) is 12.1. The topological polar surface area (TPSA) is 81.9 Å². The van der Waals surface area contributed by atoms with Crippen LogP contribution in [0.25, 0.3) is 0 Å². The number of methoxy groups -OCH3 is 3. The molecule has 31 heavy (non-hydrogen) atoms. The third-order valence-electron chi connectivity index (χ3n) is 5.11. The first-order valence-electron chi connectivity index (χ1n) is 10.2. The van der Waals surface area contributed by atoms with Gasteiger partial charge in [0.25, 0.3) is 0 Å². The maximum Gasteiger partial charge on any atom is 0.191 e. The van der Waals surface area contributed by atoms with E-state index in [0.29, 0.717) is 23.8 Å². The van der Waals surface area contributed by atoms with E-state index in [4.69, 9.17) is 19.2 Å². The quantitative estimate of drug-likeness (QED) is 0.286. The average Bonchev–Trinajstić information content (AvgIpc) is 2.97. The summed E-state index contributed by atoms with van der Waals surface area (Å²) in [5.74, 6) is 2.78. The van der Waals surface area contributed by atoms with Crippen molar-refractivity contribution >= 4 is 29.9 Å². The Labute approximate surface area is 202 Å². The Kier molecular flexibility index (Phi) is 10.9. The van der Waals surface area contributed by atoms with Crippen LogP contribution >= 0.6 is 24.0 Å². The number of benzene rings is 1. The van der Waals surface area contributed by atoms with Crippen molar-refractivity contribution in [2.45, 2.75) is 46.7 Å². The molecule has 0 aliphatic rings. The second-order valence-corrected chi connectivity index (χ2v) is 7.23. The molecule has 1 atom stereocenters. The second kappa shape index (κ2) is 12.6. The Bertz CT molecular complexity index is 857. The van der Waals surface area contributed by atoms with E-state index in [9.17, 15) is 0 Å². The van der Waals surface area contributed by atoms with Crippen LogP contribution in [-0.2, 0) is 20.0 Å². The molecule has 1 aromatic carbocycles. The molecule has 0 saturated heterocycles. The van der Waals surface area contributed by atoms with Gasteiger partial charge in [0.05, 0.1) is 39.1 Å². The number of aromatic nitrogens is 2. The van der Waals surface area contributed by atoms with Crippen LogP contribution in [0.15, 0.2) is 17.1 Å². The highest BCUT2D eigenvalue weighted by atomic mass is 127. The van der Waals surface area contributed by atoms with Gasteiger partial charge in [-0.1, -0.05) is 0 Å². The summed E-state index contributed by atoms with van der Waals surface area (Å²) in [7, 11) is 6.86. The second-order valence-electron chi connectivity index (χ2n) is 7.23. The summed E-state index contributed by atoms with van der Waals surface area (Å²) in [6.07, 6.45) is 0.866. The molecule has 2 rings (SSSR count). The number of hydrogen-bond acceptors (Lipinski definition) is 5. The van der Waals surface area contributed by atoms with Crippen molar-refractivity contribution in [1.82, 2.24) is 20.4 Å². The van der Waals surface area contributed by atoms with Gasteiger partial charge in [-0.25, -0.2) is 4.99 Å². The molecular formula is C22H36IN5O3. The maximum absolute atomic E-state index is 5.53. The maximum atomic E-state index is 5.53. The molecule has 0 saturated carbocycles. The lowest BCUT2D eigenvalue weighted by Gasteiger charge is -2.19. The van der Waals surface area contributed by atoms with E-state index >= 15 is 0 Å². The largest absolute Gasteiger partial charge is 0.496 e. The Morgan fingerprint density at radius 1 is 1.10 bits per heavy atom. The van der Waals surface area contributed by atoms with Crippen molar-refractivity contribution in [1.29, 1.82) is 0 Å². The zero-order valence-electron chi connectivity index (χ0n) is 19.8. The first kappa shape index (κ1) is 26.9. The predicted molar refractivity (Wildman–Crippen MR) is 135 cm³/mol. The van der Waals surface area contributed by atoms with Crippen LogP contribution in [0.2, 0.25) is 0 Å². The van der Waals surface area contributed by atoms with Gasteiger partial charge in [0.2, 0.25) is 0 Å². The fourth-order valence-electron chi connectivity index (χ4n) is 3.42. The van der Waals surface area contributed by atoms with Gasteiger partial charge in [-0.2, -0.15) is 5.10 Å². The summed E-state index contributed by atoms with van der Waals surface area (Å²) in [5, 5.41) is 11.3. The molecule has 1 aromatic heterocycles. The minimum atomic E-state index is 0. The summed E-state index contributed by atoms with van der Waals surface area (Å²) >= 11 is 0. The summed E-state index contributed by atoms with van der Waals surface area (Å²) in [6.45, 7) is 9.52. The molecule has 0 spiro atoms. The summed E-state index contributed by atoms with van der Waals surface area (Å²) in [5.41, 5.74) is 4.39. The zero-order chi connectivity index (χ0) is 22.3. The van der Waals surface area contributed by atoms with Crippen molar-refractivity contribution in [2.24, 2.45) is 12.0 Å². The monoisotopic (exact) mass is 545 g/mol. The fraction of sp³-hybridized carbons (Fsp3) is 0.545. The van der Waals surface area contributed by atoms with Crippen molar-refractivity contribution in [3.8, 4) is 17.2 Å². The number of halogens is 1. The van der Waals surface area contributed by atoms with E-state index in [1.165, 1.54) is 11.3 Å². The van der Waals surface area contributed by atoms with E-state index in [-0.39, 0.29) is 30.0 Å². The van der Waals surface area contributed by atoms with Crippen LogP contribution in [0.4, 0.5) is 0 Å². The van der Waals surface area contributed by atoms with Gasteiger partial charge in [0, 0.05) is 37.5 Å². The van der Waals surface area contributed by atoms with Crippen LogP contribution in [0.1, 0.15) is 36.4 Å². The standard InChI is InChI=1S/C22H35N5O3.HI/c1-9-23-22(25-14(2)10-18-15(3)26-27(5)16(18)4)24-13-19-20(29-7)11-17(28-6)12-21(19)30-8;/h11-12,14H,9-10,13H2,1-8H3,(H2,23,24,25);1H. The SMILES string of the molecule is CCNC(=NCc1c(OC)cc(OC)cc1OC)NC(C)Cc1c(C)nn(C)c1C.I. The Morgan fingerprint density at radius 3 is 2.16 bits per heavy atom. The van der Waals surface area contributed by atoms with Crippen LogP contribution in [0.3, 0.4) is 0 Å². The van der Waals surface area contributed by atoms with Gasteiger partial charge >= 0.3 is 0 Å². The Balaban J connectivity index is 0.00000480. The summed E-state index contributed by atoms with van der Waals surface area (Å²) in [4.78, 5) is 4.76. The lowest BCUT2D eigenvalue weighted by molar-refractivity contribution is 0.369. The fourth-order valence-corrected chi connectivity index (χ4v) is 3.42. The molecule has 1 heterocycles. The Morgan fingerprint density at radius 2 is 1.71 bits per heavy atom. The van der Waals surface area contributed by atoms with E-state index in [0.717, 1.165) is 30.2 Å². The number of aryl methyl sites for hydroxylation is 2. The molecule has 2 aromatic rings. The number of aliphatic imine (C=N–C) groups is 1. The third kappa shape index (κ3) is 6.91. The molecule has 1 unspecified atom stereocenters. The van der Waals surface area contributed by atoms with E-state index in [1.807, 2.05) is 30.8 Å². The van der Waals surface area contributed by atoms with Gasteiger partial charge in [-0.05, 0) is 39.7 Å². The number of nitrogens with one attached hydrogen (secondary N) is 2. The molecule has 0 aliphatic carbocycles. The van der Waals surface area contributed by atoms with Crippen LogP contribution in [0, 0.1) is 13.8 Å². The van der Waals surface area contributed by atoms with Gasteiger partial charge in [0.1, 0.15) is 17.2 Å².